The van der Waals surface area contributed by atoms with Crippen LogP contribution in [0.4, 0.5) is 0 Å². The first-order valence-corrected chi connectivity index (χ1v) is 14.0. The number of rotatable bonds is 7. The third kappa shape index (κ3) is 4.60. The average Bonchev–Trinajstić information content (AvgIpc) is 3.46. The van der Waals surface area contributed by atoms with Crippen molar-refractivity contribution < 1.29 is 4.74 Å². The lowest BCUT2D eigenvalue weighted by atomic mass is 10.2. The molecule has 2 aromatic carbocycles. The van der Waals surface area contributed by atoms with E-state index in [4.69, 9.17) is 21.3 Å². The summed E-state index contributed by atoms with van der Waals surface area (Å²) in [6.07, 6.45) is 0.818. The van der Waals surface area contributed by atoms with Crippen molar-refractivity contribution in [3.8, 4) is 5.13 Å². The number of halogens is 1. The Kier molecular flexibility index (Phi) is 6.92. The highest BCUT2D eigenvalue weighted by molar-refractivity contribution is 7.20. The smallest absolute Gasteiger partial charge is 0.283 e. The van der Waals surface area contributed by atoms with E-state index in [1.807, 2.05) is 60.1 Å². The molecule has 38 heavy (non-hydrogen) atoms. The molecule has 3 aromatic heterocycles. The third-order valence-corrected chi connectivity index (χ3v) is 8.56. The zero-order chi connectivity index (χ0) is 26.2. The average molecular weight is 550 g/mol. The lowest BCUT2D eigenvalue weighted by Crippen LogP contribution is -2.37. The van der Waals surface area contributed by atoms with E-state index in [-0.39, 0.29) is 11.1 Å². The van der Waals surface area contributed by atoms with Gasteiger partial charge in [-0.15, -0.1) is 0 Å². The summed E-state index contributed by atoms with van der Waals surface area (Å²) < 4.78 is 11.6. The second-order valence-electron chi connectivity index (χ2n) is 9.52. The second kappa shape index (κ2) is 10.5. The van der Waals surface area contributed by atoms with Crippen molar-refractivity contribution in [1.82, 2.24) is 23.8 Å². The molecule has 8 nitrogen and oxygen atoms in total. The summed E-state index contributed by atoms with van der Waals surface area (Å²) in [7, 11) is 0. The molecule has 0 saturated carbocycles. The first kappa shape index (κ1) is 25.1. The van der Waals surface area contributed by atoms with Crippen LogP contribution in [0.25, 0.3) is 26.3 Å². The summed E-state index contributed by atoms with van der Waals surface area (Å²) in [5.41, 5.74) is 2.63. The lowest BCUT2D eigenvalue weighted by Gasteiger charge is -2.26. The predicted molar refractivity (Wildman–Crippen MR) is 152 cm³/mol. The van der Waals surface area contributed by atoms with Gasteiger partial charge < -0.3 is 9.30 Å². The molecule has 5 aromatic rings. The van der Waals surface area contributed by atoms with Crippen LogP contribution in [0.3, 0.4) is 0 Å². The van der Waals surface area contributed by atoms with Gasteiger partial charge in [0.15, 0.2) is 0 Å². The molecule has 0 radical (unpaired) electrons. The summed E-state index contributed by atoms with van der Waals surface area (Å²) in [5, 5.41) is 1.69. The van der Waals surface area contributed by atoms with Gasteiger partial charge >= 0.3 is 0 Å². The molecule has 0 N–H and O–H groups in total. The molecule has 0 spiro atoms. The van der Waals surface area contributed by atoms with Gasteiger partial charge in [-0.05, 0) is 37.1 Å². The Balaban J connectivity index is 1.47. The van der Waals surface area contributed by atoms with Crippen LogP contribution in [-0.4, -0.2) is 56.7 Å². The van der Waals surface area contributed by atoms with Crippen molar-refractivity contribution in [2.75, 3.05) is 32.8 Å². The van der Waals surface area contributed by atoms with Crippen LogP contribution >= 0.6 is 22.9 Å². The summed E-state index contributed by atoms with van der Waals surface area (Å²) in [4.78, 5) is 34.5. The van der Waals surface area contributed by atoms with Crippen LogP contribution in [0, 0.1) is 6.92 Å². The number of para-hydroxylation sites is 1. The normalized spacial score (nSPS) is 14.6. The quantitative estimate of drug-likeness (QED) is 0.303. The topological polar surface area (TPSA) is 74.3 Å². The van der Waals surface area contributed by atoms with Crippen molar-refractivity contribution in [3.63, 3.8) is 0 Å². The van der Waals surface area contributed by atoms with E-state index in [1.165, 1.54) is 11.3 Å². The predicted octanol–water partition coefficient (Wildman–Crippen LogP) is 4.30. The number of pyridine rings is 1. The largest absolute Gasteiger partial charge is 0.379 e. The fraction of sp³-hybridized carbons (Fsp3) is 0.321. The van der Waals surface area contributed by atoms with Gasteiger partial charge in [-0.3, -0.25) is 19.2 Å². The molecular formula is C28H28ClN5O3S. The molecule has 4 heterocycles. The molecule has 0 unspecified atom stereocenters. The summed E-state index contributed by atoms with van der Waals surface area (Å²) in [6.45, 7) is 6.93. The standard InChI is InChI=1S/C28H28ClN5O3S/c1-19-26-23(17-25(35)32(19)12-6-11-31-13-15-37-16-14-31)33(18-20-7-2-3-8-21(20)29)34(27(26)36)28-30-22-9-4-5-10-24(22)38-28/h2-5,7-10,17H,6,11-16,18H2,1H3. The van der Waals surface area contributed by atoms with Crippen molar-refractivity contribution in [3.05, 3.63) is 91.6 Å². The van der Waals surface area contributed by atoms with E-state index >= 15 is 0 Å². The van der Waals surface area contributed by atoms with Gasteiger partial charge in [0.1, 0.15) is 0 Å². The molecule has 10 heteroatoms. The number of aromatic nitrogens is 4. The van der Waals surface area contributed by atoms with Crippen LogP contribution in [-0.2, 0) is 17.8 Å². The molecule has 0 aliphatic carbocycles. The van der Waals surface area contributed by atoms with Gasteiger partial charge in [0, 0.05) is 43.0 Å². The van der Waals surface area contributed by atoms with Gasteiger partial charge in [-0.2, -0.15) is 4.68 Å². The van der Waals surface area contributed by atoms with Crippen LogP contribution in [0.15, 0.2) is 64.2 Å². The van der Waals surface area contributed by atoms with E-state index < -0.39 is 0 Å². The number of hydrogen-bond acceptors (Lipinski definition) is 6. The molecule has 0 bridgehead atoms. The van der Waals surface area contributed by atoms with Crippen molar-refractivity contribution in [2.45, 2.75) is 26.4 Å². The number of fused-ring (bicyclic) bond motifs is 2. The second-order valence-corrected chi connectivity index (χ2v) is 10.9. The minimum Gasteiger partial charge on any atom is -0.379 e. The number of ether oxygens (including phenoxy) is 1. The van der Waals surface area contributed by atoms with Crippen LogP contribution < -0.4 is 11.1 Å². The number of aryl methyl sites for hydroxylation is 1. The Hall–Kier alpha value is -3.24. The fourth-order valence-corrected chi connectivity index (χ4v) is 6.35. The van der Waals surface area contributed by atoms with E-state index in [0.717, 1.165) is 55.0 Å². The monoisotopic (exact) mass is 549 g/mol. The Morgan fingerprint density at radius 1 is 1.03 bits per heavy atom. The number of benzene rings is 2. The minimum atomic E-state index is -0.189. The first-order chi connectivity index (χ1) is 18.5. The van der Waals surface area contributed by atoms with Crippen LogP contribution in [0.5, 0.6) is 0 Å². The molecule has 1 aliphatic heterocycles. The molecule has 1 aliphatic rings. The molecule has 0 amide bonds. The van der Waals surface area contributed by atoms with Crippen LogP contribution in [0.1, 0.15) is 17.7 Å². The highest BCUT2D eigenvalue weighted by atomic mass is 35.5. The highest BCUT2D eigenvalue weighted by Crippen LogP contribution is 2.27. The molecular weight excluding hydrogens is 522 g/mol. The van der Waals surface area contributed by atoms with Gasteiger partial charge in [0.05, 0.1) is 40.9 Å². The van der Waals surface area contributed by atoms with E-state index in [9.17, 15) is 9.59 Å². The maximum absolute atomic E-state index is 14.0. The Morgan fingerprint density at radius 3 is 2.58 bits per heavy atom. The minimum absolute atomic E-state index is 0.119. The van der Waals surface area contributed by atoms with Gasteiger partial charge in [0.25, 0.3) is 11.1 Å². The first-order valence-electron chi connectivity index (χ1n) is 12.8. The maximum Gasteiger partial charge on any atom is 0.283 e. The molecule has 0 atom stereocenters. The Morgan fingerprint density at radius 2 is 1.79 bits per heavy atom. The number of thiazole rings is 1. The molecule has 1 saturated heterocycles. The number of morpholine rings is 1. The van der Waals surface area contributed by atoms with Crippen molar-refractivity contribution in [1.29, 1.82) is 0 Å². The van der Waals surface area contributed by atoms with Gasteiger partial charge in [0.2, 0.25) is 5.13 Å². The lowest BCUT2D eigenvalue weighted by molar-refractivity contribution is 0.0369. The van der Waals surface area contributed by atoms with E-state index in [1.54, 1.807) is 15.3 Å². The molecule has 196 valence electrons. The fourth-order valence-electron chi connectivity index (χ4n) is 5.18. The molecule has 1 fully saturated rings. The summed E-state index contributed by atoms with van der Waals surface area (Å²) in [5.74, 6) is 0. The van der Waals surface area contributed by atoms with Gasteiger partial charge in [-0.25, -0.2) is 4.98 Å². The summed E-state index contributed by atoms with van der Waals surface area (Å²) in [6, 6.07) is 17.0. The summed E-state index contributed by atoms with van der Waals surface area (Å²) >= 11 is 7.96. The third-order valence-electron chi connectivity index (χ3n) is 7.18. The number of nitrogens with zero attached hydrogens (tertiary/aromatic N) is 5. The Bertz CT molecular complexity index is 1710. The van der Waals surface area contributed by atoms with Crippen molar-refractivity contribution in [2.24, 2.45) is 0 Å². The van der Waals surface area contributed by atoms with E-state index in [0.29, 0.717) is 39.8 Å². The zero-order valence-corrected chi connectivity index (χ0v) is 22.7. The van der Waals surface area contributed by atoms with E-state index in [2.05, 4.69) is 4.90 Å². The van der Waals surface area contributed by atoms with Gasteiger partial charge in [-0.1, -0.05) is 53.3 Å². The SMILES string of the molecule is Cc1c2c(=O)n(-c3nc4ccccc4s3)n(Cc3ccccc3Cl)c2cc(=O)n1CCCN1CCOCC1. The van der Waals surface area contributed by atoms with Crippen LogP contribution in [0.2, 0.25) is 5.02 Å². The molecule has 6 rings (SSSR count). The number of hydrogen-bond donors (Lipinski definition) is 0. The zero-order valence-electron chi connectivity index (χ0n) is 21.1. The Labute approximate surface area is 228 Å². The highest BCUT2D eigenvalue weighted by Gasteiger charge is 2.22. The maximum atomic E-state index is 14.0. The van der Waals surface area contributed by atoms with Crippen molar-refractivity contribution >= 4 is 44.1 Å².